The van der Waals surface area contributed by atoms with Gasteiger partial charge in [-0.25, -0.2) is 0 Å². The lowest BCUT2D eigenvalue weighted by Gasteiger charge is -2.41. The van der Waals surface area contributed by atoms with E-state index >= 15 is 0 Å². The van der Waals surface area contributed by atoms with Gasteiger partial charge in [0.05, 0.1) is 11.2 Å². The molecule has 0 heterocycles. The fourth-order valence-corrected chi connectivity index (χ4v) is 3.01. The SMILES string of the molecule is CC1CCC(O)(c2ccc(C(F)(F)F)cc2)C(C)C1. The topological polar surface area (TPSA) is 20.2 Å². The van der Waals surface area contributed by atoms with Crippen molar-refractivity contribution in [3.05, 3.63) is 35.4 Å². The minimum atomic E-state index is -4.33. The van der Waals surface area contributed by atoms with Gasteiger partial charge in [-0.1, -0.05) is 26.0 Å². The molecule has 1 nitrogen and oxygen atoms in total. The zero-order valence-electron chi connectivity index (χ0n) is 11.2. The van der Waals surface area contributed by atoms with Crippen molar-refractivity contribution in [3.63, 3.8) is 0 Å². The van der Waals surface area contributed by atoms with Crippen LogP contribution in [0.2, 0.25) is 0 Å². The zero-order valence-corrected chi connectivity index (χ0v) is 11.2. The van der Waals surface area contributed by atoms with E-state index in [-0.39, 0.29) is 5.92 Å². The van der Waals surface area contributed by atoms with Gasteiger partial charge in [0, 0.05) is 0 Å². The highest BCUT2D eigenvalue weighted by atomic mass is 19.4. The summed E-state index contributed by atoms with van der Waals surface area (Å²) in [5, 5.41) is 10.7. The van der Waals surface area contributed by atoms with Crippen LogP contribution >= 0.6 is 0 Å². The maximum Gasteiger partial charge on any atom is 0.416 e. The molecule has 0 spiro atoms. The molecule has 1 aliphatic rings. The minimum Gasteiger partial charge on any atom is -0.385 e. The lowest BCUT2D eigenvalue weighted by Crippen LogP contribution is -2.38. The molecule has 0 aliphatic heterocycles. The quantitative estimate of drug-likeness (QED) is 0.806. The van der Waals surface area contributed by atoms with Crippen molar-refractivity contribution < 1.29 is 18.3 Å². The lowest BCUT2D eigenvalue weighted by atomic mass is 9.69. The number of rotatable bonds is 1. The van der Waals surface area contributed by atoms with Crippen LogP contribution in [0, 0.1) is 11.8 Å². The van der Waals surface area contributed by atoms with E-state index < -0.39 is 17.3 Å². The lowest BCUT2D eigenvalue weighted by molar-refractivity contribution is -0.137. The first-order valence-corrected chi connectivity index (χ1v) is 6.63. The fraction of sp³-hybridized carbons (Fsp3) is 0.600. The maximum atomic E-state index is 12.5. The van der Waals surface area contributed by atoms with Gasteiger partial charge in [-0.2, -0.15) is 13.2 Å². The average Bonchev–Trinajstić information content (AvgIpc) is 2.33. The molecule has 1 N–H and O–H groups in total. The molecule has 1 saturated carbocycles. The normalized spacial score (nSPS) is 32.3. The van der Waals surface area contributed by atoms with Gasteiger partial charge in [-0.3, -0.25) is 0 Å². The predicted molar refractivity (Wildman–Crippen MR) is 67.5 cm³/mol. The Labute approximate surface area is 111 Å². The van der Waals surface area contributed by atoms with E-state index in [1.807, 2.05) is 6.92 Å². The van der Waals surface area contributed by atoms with Crippen LogP contribution < -0.4 is 0 Å². The van der Waals surface area contributed by atoms with Crippen molar-refractivity contribution in [1.29, 1.82) is 0 Å². The summed E-state index contributed by atoms with van der Waals surface area (Å²) in [6, 6.07) is 4.93. The van der Waals surface area contributed by atoms with E-state index in [2.05, 4.69) is 6.92 Å². The third-order valence-electron chi connectivity index (χ3n) is 4.30. The highest BCUT2D eigenvalue weighted by Gasteiger charge is 2.40. The smallest absolute Gasteiger partial charge is 0.385 e. The zero-order chi connectivity index (χ0) is 14.3. The van der Waals surface area contributed by atoms with Gasteiger partial charge in [0.1, 0.15) is 0 Å². The number of halogens is 3. The average molecular weight is 272 g/mol. The Hall–Kier alpha value is -1.03. The fourth-order valence-electron chi connectivity index (χ4n) is 3.01. The summed E-state index contributed by atoms with van der Waals surface area (Å²) in [5.41, 5.74) is -1.06. The van der Waals surface area contributed by atoms with Crippen LogP contribution in [0.1, 0.15) is 44.2 Å². The summed E-state index contributed by atoms with van der Waals surface area (Å²) in [6.45, 7) is 4.11. The predicted octanol–water partition coefficient (Wildman–Crippen LogP) is 4.35. The number of hydrogen-bond donors (Lipinski definition) is 1. The van der Waals surface area contributed by atoms with Crippen molar-refractivity contribution >= 4 is 0 Å². The van der Waals surface area contributed by atoms with E-state index in [0.29, 0.717) is 17.9 Å². The van der Waals surface area contributed by atoms with Crippen LogP contribution in [0.15, 0.2) is 24.3 Å². The molecule has 3 unspecified atom stereocenters. The molecule has 0 bridgehead atoms. The first-order valence-electron chi connectivity index (χ1n) is 6.63. The number of alkyl halides is 3. The van der Waals surface area contributed by atoms with Gasteiger partial charge < -0.3 is 5.11 Å². The molecule has 4 heteroatoms. The molecule has 3 atom stereocenters. The molecule has 1 aromatic rings. The van der Waals surface area contributed by atoms with Crippen LogP contribution in [-0.4, -0.2) is 5.11 Å². The Bertz CT molecular complexity index is 438. The largest absolute Gasteiger partial charge is 0.416 e. The summed E-state index contributed by atoms with van der Waals surface area (Å²) in [4.78, 5) is 0. The summed E-state index contributed by atoms with van der Waals surface area (Å²) >= 11 is 0. The van der Waals surface area contributed by atoms with Crippen LogP contribution in [0.25, 0.3) is 0 Å². The van der Waals surface area contributed by atoms with Gasteiger partial charge in [0.2, 0.25) is 0 Å². The molecular formula is C15H19F3O. The second-order valence-corrected chi connectivity index (χ2v) is 5.78. The van der Waals surface area contributed by atoms with Gasteiger partial charge in [0.15, 0.2) is 0 Å². The molecule has 0 aromatic heterocycles. The molecule has 1 fully saturated rings. The van der Waals surface area contributed by atoms with Gasteiger partial charge in [-0.15, -0.1) is 0 Å². The Morgan fingerprint density at radius 3 is 2.21 bits per heavy atom. The monoisotopic (exact) mass is 272 g/mol. The third-order valence-corrected chi connectivity index (χ3v) is 4.30. The number of aliphatic hydroxyl groups is 1. The van der Waals surface area contributed by atoms with E-state index in [9.17, 15) is 18.3 Å². The van der Waals surface area contributed by atoms with E-state index in [4.69, 9.17) is 0 Å². The number of benzene rings is 1. The summed E-state index contributed by atoms with van der Waals surface area (Å²) in [6.07, 6.45) is -1.91. The van der Waals surface area contributed by atoms with Crippen molar-refractivity contribution in [2.45, 2.75) is 44.9 Å². The van der Waals surface area contributed by atoms with E-state index in [0.717, 1.165) is 25.0 Å². The highest BCUT2D eigenvalue weighted by Crippen LogP contribution is 2.44. The van der Waals surface area contributed by atoms with Crippen LogP contribution in [0.3, 0.4) is 0 Å². The van der Waals surface area contributed by atoms with E-state index in [1.165, 1.54) is 12.1 Å². The number of hydrogen-bond acceptors (Lipinski definition) is 1. The molecule has 0 radical (unpaired) electrons. The van der Waals surface area contributed by atoms with Crippen LogP contribution in [0.4, 0.5) is 13.2 Å². The van der Waals surface area contributed by atoms with Crippen molar-refractivity contribution in [2.24, 2.45) is 11.8 Å². The molecule has 0 amide bonds. The van der Waals surface area contributed by atoms with Gasteiger partial charge in [-0.05, 0) is 48.8 Å². The standard InChI is InChI=1S/C15H19F3O/c1-10-7-8-14(19,11(2)9-10)12-3-5-13(6-4-12)15(16,17)18/h3-6,10-11,19H,7-9H2,1-2H3. The Morgan fingerprint density at radius 2 is 1.74 bits per heavy atom. The Kier molecular flexibility index (Phi) is 3.65. The molecule has 1 aliphatic carbocycles. The van der Waals surface area contributed by atoms with Crippen LogP contribution in [-0.2, 0) is 11.8 Å². The Morgan fingerprint density at radius 1 is 1.16 bits per heavy atom. The summed E-state index contributed by atoms with van der Waals surface area (Å²) < 4.78 is 37.6. The van der Waals surface area contributed by atoms with Crippen LogP contribution in [0.5, 0.6) is 0 Å². The van der Waals surface area contributed by atoms with Gasteiger partial charge in [0.25, 0.3) is 0 Å². The summed E-state index contributed by atoms with van der Waals surface area (Å²) in [7, 11) is 0. The maximum absolute atomic E-state index is 12.5. The molecular weight excluding hydrogens is 253 g/mol. The van der Waals surface area contributed by atoms with Crippen molar-refractivity contribution in [3.8, 4) is 0 Å². The first-order chi connectivity index (χ1) is 8.73. The van der Waals surface area contributed by atoms with E-state index in [1.54, 1.807) is 0 Å². The minimum absolute atomic E-state index is 0.0630. The molecule has 2 rings (SSSR count). The van der Waals surface area contributed by atoms with Crippen molar-refractivity contribution in [2.75, 3.05) is 0 Å². The molecule has 0 saturated heterocycles. The molecule has 19 heavy (non-hydrogen) atoms. The van der Waals surface area contributed by atoms with Crippen molar-refractivity contribution in [1.82, 2.24) is 0 Å². The highest BCUT2D eigenvalue weighted by molar-refractivity contribution is 5.29. The third kappa shape index (κ3) is 2.78. The second kappa shape index (κ2) is 4.82. The molecule has 1 aromatic carbocycles. The van der Waals surface area contributed by atoms with Gasteiger partial charge >= 0.3 is 6.18 Å². The molecule has 106 valence electrons. The Balaban J connectivity index is 2.26. The summed E-state index contributed by atoms with van der Waals surface area (Å²) in [5.74, 6) is 0.623. The first kappa shape index (κ1) is 14.4. The second-order valence-electron chi connectivity index (χ2n) is 5.78.